The zero-order chi connectivity index (χ0) is 14.2. The number of thiophene rings is 1. The minimum atomic E-state index is 0.622. The van der Waals surface area contributed by atoms with E-state index in [2.05, 4.69) is 5.32 Å². The summed E-state index contributed by atoms with van der Waals surface area (Å²) in [7, 11) is 1.66. The molecule has 2 rings (SSSR count). The topological polar surface area (TPSA) is 30.5 Å². The lowest BCUT2D eigenvalue weighted by atomic mass is 10.2. The third-order valence-electron chi connectivity index (χ3n) is 2.78. The number of hydrogen-bond acceptors (Lipinski definition) is 4. The van der Waals surface area contributed by atoms with Crippen molar-refractivity contribution in [2.75, 3.05) is 20.3 Å². The van der Waals surface area contributed by atoms with E-state index in [4.69, 9.17) is 21.1 Å². The molecule has 0 fully saturated rings. The van der Waals surface area contributed by atoms with Crippen LogP contribution in [-0.2, 0) is 17.9 Å². The Balaban J connectivity index is 1.57. The lowest BCUT2D eigenvalue weighted by molar-refractivity contribution is 0.122. The Morgan fingerprint density at radius 2 is 1.95 bits per heavy atom. The van der Waals surface area contributed by atoms with Crippen molar-refractivity contribution < 1.29 is 9.47 Å². The van der Waals surface area contributed by atoms with Gasteiger partial charge >= 0.3 is 0 Å². The van der Waals surface area contributed by atoms with Gasteiger partial charge in [-0.15, -0.1) is 11.3 Å². The molecule has 0 saturated carbocycles. The quantitative estimate of drug-likeness (QED) is 0.754. The second-order valence-electron chi connectivity index (χ2n) is 4.28. The van der Waals surface area contributed by atoms with Gasteiger partial charge in [0.1, 0.15) is 5.75 Å². The van der Waals surface area contributed by atoms with E-state index in [-0.39, 0.29) is 0 Å². The summed E-state index contributed by atoms with van der Waals surface area (Å²) in [5.41, 5.74) is 1.15. The van der Waals surface area contributed by atoms with E-state index in [1.807, 2.05) is 36.4 Å². The number of benzene rings is 1. The SMILES string of the molecule is COc1ccc(COCCNCc2ccc(Cl)s2)cc1. The Morgan fingerprint density at radius 1 is 1.15 bits per heavy atom. The Bertz CT molecular complexity index is 513. The van der Waals surface area contributed by atoms with Crippen molar-refractivity contribution in [3.05, 3.63) is 51.2 Å². The van der Waals surface area contributed by atoms with Crippen LogP contribution in [0.25, 0.3) is 0 Å². The molecule has 0 aliphatic carbocycles. The van der Waals surface area contributed by atoms with Gasteiger partial charge < -0.3 is 14.8 Å². The lowest BCUT2D eigenvalue weighted by Crippen LogP contribution is -2.18. The smallest absolute Gasteiger partial charge is 0.118 e. The van der Waals surface area contributed by atoms with Crippen molar-refractivity contribution >= 4 is 22.9 Å². The van der Waals surface area contributed by atoms with Gasteiger partial charge in [-0.1, -0.05) is 23.7 Å². The molecule has 5 heteroatoms. The van der Waals surface area contributed by atoms with E-state index in [1.54, 1.807) is 18.4 Å². The summed E-state index contributed by atoms with van der Waals surface area (Å²) in [6, 6.07) is 11.9. The molecule has 3 nitrogen and oxygen atoms in total. The summed E-state index contributed by atoms with van der Waals surface area (Å²) >= 11 is 7.47. The molecule has 1 N–H and O–H groups in total. The Kier molecular flexibility index (Phi) is 6.33. The largest absolute Gasteiger partial charge is 0.497 e. The molecular weight excluding hydrogens is 294 g/mol. The first kappa shape index (κ1) is 15.3. The van der Waals surface area contributed by atoms with E-state index >= 15 is 0 Å². The van der Waals surface area contributed by atoms with E-state index in [1.165, 1.54) is 4.88 Å². The van der Waals surface area contributed by atoms with Crippen LogP contribution >= 0.6 is 22.9 Å². The summed E-state index contributed by atoms with van der Waals surface area (Å²) < 4.78 is 11.6. The normalized spacial score (nSPS) is 10.7. The maximum Gasteiger partial charge on any atom is 0.118 e. The first-order chi connectivity index (χ1) is 9.78. The van der Waals surface area contributed by atoms with Crippen molar-refractivity contribution in [2.24, 2.45) is 0 Å². The predicted molar refractivity (Wildman–Crippen MR) is 83.7 cm³/mol. The number of halogens is 1. The van der Waals surface area contributed by atoms with Crippen LogP contribution in [0.5, 0.6) is 5.75 Å². The summed E-state index contributed by atoms with van der Waals surface area (Å²) in [5.74, 6) is 0.866. The molecule has 0 atom stereocenters. The molecule has 0 saturated heterocycles. The van der Waals surface area contributed by atoms with E-state index < -0.39 is 0 Å². The van der Waals surface area contributed by atoms with Crippen molar-refractivity contribution in [1.29, 1.82) is 0 Å². The molecule has 1 aromatic carbocycles. The van der Waals surface area contributed by atoms with Crippen LogP contribution in [0.3, 0.4) is 0 Å². The fourth-order valence-electron chi connectivity index (χ4n) is 1.71. The summed E-state index contributed by atoms with van der Waals surface area (Å²) in [5, 5.41) is 3.33. The molecule has 0 spiro atoms. The third-order valence-corrected chi connectivity index (χ3v) is 4.01. The number of rotatable bonds is 8. The molecule has 0 amide bonds. The lowest BCUT2D eigenvalue weighted by Gasteiger charge is -2.06. The zero-order valence-corrected chi connectivity index (χ0v) is 13.0. The monoisotopic (exact) mass is 311 g/mol. The molecule has 108 valence electrons. The molecule has 1 aromatic heterocycles. The van der Waals surface area contributed by atoms with E-state index in [9.17, 15) is 0 Å². The molecule has 0 aliphatic heterocycles. The predicted octanol–water partition coefficient (Wildman–Crippen LogP) is 3.72. The summed E-state index contributed by atoms with van der Waals surface area (Å²) in [6.45, 7) is 2.97. The van der Waals surface area contributed by atoms with Crippen molar-refractivity contribution in [2.45, 2.75) is 13.2 Å². The van der Waals surface area contributed by atoms with Gasteiger partial charge in [0.2, 0.25) is 0 Å². The highest BCUT2D eigenvalue weighted by Gasteiger charge is 1.98. The average Bonchev–Trinajstić information content (AvgIpc) is 2.89. The first-order valence-electron chi connectivity index (χ1n) is 6.43. The van der Waals surface area contributed by atoms with Gasteiger partial charge in [-0.3, -0.25) is 0 Å². The molecule has 0 unspecified atom stereocenters. The fraction of sp³-hybridized carbons (Fsp3) is 0.333. The summed E-state index contributed by atoms with van der Waals surface area (Å²) in [6.07, 6.45) is 0. The van der Waals surface area contributed by atoms with Crippen LogP contribution in [0.15, 0.2) is 36.4 Å². The van der Waals surface area contributed by atoms with Crippen LogP contribution in [0.4, 0.5) is 0 Å². The molecule has 1 heterocycles. The molecule has 20 heavy (non-hydrogen) atoms. The highest BCUT2D eigenvalue weighted by molar-refractivity contribution is 7.16. The maximum atomic E-state index is 5.87. The van der Waals surface area contributed by atoms with Crippen molar-refractivity contribution in [3.8, 4) is 5.75 Å². The van der Waals surface area contributed by atoms with Gasteiger partial charge in [-0.05, 0) is 29.8 Å². The Labute approximate surface area is 128 Å². The van der Waals surface area contributed by atoms with Crippen LogP contribution in [0.1, 0.15) is 10.4 Å². The second kappa shape index (κ2) is 8.27. The van der Waals surface area contributed by atoms with Gasteiger partial charge in [-0.25, -0.2) is 0 Å². The van der Waals surface area contributed by atoms with Gasteiger partial charge in [0.25, 0.3) is 0 Å². The zero-order valence-electron chi connectivity index (χ0n) is 11.4. The second-order valence-corrected chi connectivity index (χ2v) is 6.08. The number of hydrogen-bond donors (Lipinski definition) is 1. The maximum absolute atomic E-state index is 5.87. The van der Waals surface area contributed by atoms with Crippen LogP contribution in [-0.4, -0.2) is 20.3 Å². The molecule has 0 aliphatic rings. The molecule has 2 aromatic rings. The highest BCUT2D eigenvalue weighted by atomic mass is 35.5. The minimum Gasteiger partial charge on any atom is -0.497 e. The molecule has 0 bridgehead atoms. The van der Waals surface area contributed by atoms with E-state index in [0.29, 0.717) is 13.2 Å². The van der Waals surface area contributed by atoms with Gasteiger partial charge in [0.15, 0.2) is 0 Å². The number of nitrogens with one attached hydrogen (secondary N) is 1. The van der Waals surface area contributed by atoms with Gasteiger partial charge in [0.05, 0.1) is 24.7 Å². The number of methoxy groups -OCH3 is 1. The summed E-state index contributed by atoms with van der Waals surface area (Å²) in [4.78, 5) is 1.24. The third kappa shape index (κ3) is 5.13. The molecular formula is C15H18ClNO2S. The standard InChI is InChI=1S/C15H18ClNO2S/c1-18-13-4-2-12(3-5-13)11-19-9-8-17-10-14-6-7-15(16)20-14/h2-7,17H,8-11H2,1H3. The highest BCUT2D eigenvalue weighted by Crippen LogP contribution is 2.20. The molecule has 0 radical (unpaired) electrons. The average molecular weight is 312 g/mol. The van der Waals surface area contributed by atoms with E-state index in [0.717, 1.165) is 28.7 Å². The van der Waals surface area contributed by atoms with Gasteiger partial charge in [0, 0.05) is 18.0 Å². The fourth-order valence-corrected chi connectivity index (χ4v) is 2.77. The first-order valence-corrected chi connectivity index (χ1v) is 7.63. The Morgan fingerprint density at radius 3 is 2.60 bits per heavy atom. The van der Waals surface area contributed by atoms with Crippen LogP contribution < -0.4 is 10.1 Å². The van der Waals surface area contributed by atoms with Gasteiger partial charge in [-0.2, -0.15) is 0 Å². The Hall–Kier alpha value is -1.07. The minimum absolute atomic E-state index is 0.622. The van der Waals surface area contributed by atoms with Crippen molar-refractivity contribution in [1.82, 2.24) is 5.32 Å². The van der Waals surface area contributed by atoms with Crippen molar-refractivity contribution in [3.63, 3.8) is 0 Å². The number of ether oxygens (including phenoxy) is 2. The van der Waals surface area contributed by atoms with Crippen LogP contribution in [0, 0.1) is 0 Å². The van der Waals surface area contributed by atoms with Crippen LogP contribution in [0.2, 0.25) is 4.34 Å².